The molecule has 0 atom stereocenters. The standard InChI is InChI=1S/C30H41F3N2O/c1-3-5-12-20-35(21-13-6-4-2)22-14-11-19-29(28(36)34-23-30(31,32)33)26-17-9-7-15-24(26)25-16-8-10-18-27(25)29/h7-10,15-18H,3-6,11-14,19-23H2,1-2H3,(H,34,36). The van der Waals surface area contributed by atoms with Gasteiger partial charge in [-0.05, 0) is 67.6 Å². The summed E-state index contributed by atoms with van der Waals surface area (Å²) in [6, 6.07) is 15.3. The first-order chi connectivity index (χ1) is 17.3. The van der Waals surface area contributed by atoms with E-state index in [0.717, 1.165) is 54.7 Å². The fourth-order valence-electron chi connectivity index (χ4n) is 5.52. The third-order valence-corrected chi connectivity index (χ3v) is 7.33. The quantitative estimate of drug-likeness (QED) is 0.256. The summed E-state index contributed by atoms with van der Waals surface area (Å²) in [5.74, 6) is -0.556. The van der Waals surface area contributed by atoms with Crippen LogP contribution in [0.2, 0.25) is 0 Å². The average Bonchev–Trinajstić information content (AvgIpc) is 3.15. The van der Waals surface area contributed by atoms with Gasteiger partial charge in [-0.25, -0.2) is 0 Å². The van der Waals surface area contributed by atoms with Crippen LogP contribution in [0.1, 0.15) is 82.8 Å². The van der Waals surface area contributed by atoms with Crippen molar-refractivity contribution in [1.29, 1.82) is 0 Å². The second kappa shape index (κ2) is 13.3. The molecule has 2 aromatic rings. The maximum Gasteiger partial charge on any atom is 0.405 e. The molecule has 0 heterocycles. The van der Waals surface area contributed by atoms with Crippen LogP contribution in [0, 0.1) is 0 Å². The highest BCUT2D eigenvalue weighted by atomic mass is 19.4. The van der Waals surface area contributed by atoms with Crippen molar-refractivity contribution >= 4 is 5.91 Å². The molecule has 0 saturated carbocycles. The first-order valence-electron chi connectivity index (χ1n) is 13.6. The van der Waals surface area contributed by atoms with E-state index in [-0.39, 0.29) is 0 Å². The summed E-state index contributed by atoms with van der Waals surface area (Å²) >= 11 is 0. The van der Waals surface area contributed by atoms with E-state index in [1.165, 1.54) is 38.5 Å². The highest BCUT2D eigenvalue weighted by Crippen LogP contribution is 2.51. The molecule has 0 aliphatic heterocycles. The molecule has 0 spiro atoms. The number of unbranched alkanes of at least 4 members (excludes halogenated alkanes) is 5. The minimum Gasteiger partial charge on any atom is -0.346 e. The Balaban J connectivity index is 1.79. The van der Waals surface area contributed by atoms with Crippen LogP contribution in [0.3, 0.4) is 0 Å². The first kappa shape index (κ1) is 28.2. The van der Waals surface area contributed by atoms with Crippen LogP contribution in [0.25, 0.3) is 11.1 Å². The molecule has 36 heavy (non-hydrogen) atoms. The molecule has 3 rings (SSSR count). The Labute approximate surface area is 214 Å². The van der Waals surface area contributed by atoms with Gasteiger partial charge in [-0.3, -0.25) is 4.79 Å². The van der Waals surface area contributed by atoms with E-state index >= 15 is 0 Å². The zero-order valence-corrected chi connectivity index (χ0v) is 21.8. The Morgan fingerprint density at radius 1 is 0.778 bits per heavy atom. The molecule has 0 aromatic heterocycles. The second-order valence-electron chi connectivity index (χ2n) is 10.0. The Kier molecular flexibility index (Phi) is 10.4. The van der Waals surface area contributed by atoms with Crippen molar-refractivity contribution in [3.8, 4) is 11.1 Å². The van der Waals surface area contributed by atoms with Gasteiger partial charge in [0.1, 0.15) is 12.0 Å². The molecule has 6 heteroatoms. The van der Waals surface area contributed by atoms with Gasteiger partial charge in [-0.1, -0.05) is 94.5 Å². The largest absolute Gasteiger partial charge is 0.405 e. The van der Waals surface area contributed by atoms with Crippen molar-refractivity contribution in [2.45, 2.75) is 83.2 Å². The lowest BCUT2D eigenvalue weighted by Gasteiger charge is -2.31. The first-order valence-corrected chi connectivity index (χ1v) is 13.6. The predicted molar refractivity (Wildman–Crippen MR) is 141 cm³/mol. The number of rotatable bonds is 15. The van der Waals surface area contributed by atoms with Crippen LogP contribution in [0.4, 0.5) is 13.2 Å². The lowest BCUT2D eigenvalue weighted by molar-refractivity contribution is -0.141. The van der Waals surface area contributed by atoms with E-state index in [2.05, 4.69) is 24.1 Å². The zero-order chi connectivity index (χ0) is 26.0. The van der Waals surface area contributed by atoms with E-state index in [4.69, 9.17) is 0 Å². The molecular formula is C30H41F3N2O. The van der Waals surface area contributed by atoms with E-state index in [0.29, 0.717) is 6.42 Å². The van der Waals surface area contributed by atoms with E-state index in [1.807, 2.05) is 48.5 Å². The second-order valence-corrected chi connectivity index (χ2v) is 10.0. The van der Waals surface area contributed by atoms with Gasteiger partial charge in [-0.15, -0.1) is 0 Å². The van der Waals surface area contributed by atoms with Crippen molar-refractivity contribution in [2.24, 2.45) is 0 Å². The topological polar surface area (TPSA) is 32.3 Å². The van der Waals surface area contributed by atoms with Gasteiger partial charge >= 0.3 is 6.18 Å². The molecule has 3 nitrogen and oxygen atoms in total. The molecule has 1 N–H and O–H groups in total. The molecule has 1 aliphatic rings. The van der Waals surface area contributed by atoms with Crippen molar-refractivity contribution in [3.05, 3.63) is 59.7 Å². The molecule has 1 aliphatic carbocycles. The highest BCUT2D eigenvalue weighted by Gasteiger charge is 2.49. The number of nitrogens with zero attached hydrogens (tertiary/aromatic N) is 1. The fourth-order valence-corrected chi connectivity index (χ4v) is 5.52. The SMILES string of the molecule is CCCCCN(CCCCC)CCCCC1(C(=O)NCC(F)(F)F)c2ccccc2-c2ccccc21. The number of hydrogen-bond donors (Lipinski definition) is 1. The van der Waals surface area contributed by atoms with Crippen molar-refractivity contribution in [2.75, 3.05) is 26.2 Å². The Morgan fingerprint density at radius 2 is 1.25 bits per heavy atom. The maximum absolute atomic E-state index is 13.6. The molecule has 0 unspecified atom stereocenters. The predicted octanol–water partition coefficient (Wildman–Crippen LogP) is 7.48. The minimum atomic E-state index is -4.45. The normalized spacial score (nSPS) is 14.1. The van der Waals surface area contributed by atoms with Crippen molar-refractivity contribution in [1.82, 2.24) is 10.2 Å². The average molecular weight is 503 g/mol. The van der Waals surface area contributed by atoms with Gasteiger partial charge in [0, 0.05) is 0 Å². The number of carbonyl (C=O) groups is 1. The van der Waals surface area contributed by atoms with Gasteiger partial charge in [0.15, 0.2) is 0 Å². The monoisotopic (exact) mass is 502 g/mol. The Bertz CT molecular complexity index is 917. The zero-order valence-electron chi connectivity index (χ0n) is 21.8. The van der Waals surface area contributed by atoms with E-state index < -0.39 is 24.0 Å². The molecule has 0 saturated heterocycles. The fraction of sp³-hybridized carbons (Fsp3) is 0.567. The third-order valence-electron chi connectivity index (χ3n) is 7.33. The van der Waals surface area contributed by atoms with Gasteiger partial charge in [0.2, 0.25) is 5.91 Å². The van der Waals surface area contributed by atoms with Crippen molar-refractivity contribution in [3.63, 3.8) is 0 Å². The number of amides is 1. The summed E-state index contributed by atoms with van der Waals surface area (Å²) in [6.07, 6.45) is 4.92. The lowest BCUT2D eigenvalue weighted by Crippen LogP contribution is -2.47. The number of hydrogen-bond acceptors (Lipinski definition) is 2. The third kappa shape index (κ3) is 6.90. The van der Waals surface area contributed by atoms with Crippen LogP contribution in [-0.2, 0) is 10.2 Å². The highest BCUT2D eigenvalue weighted by molar-refractivity contribution is 6.00. The summed E-state index contributed by atoms with van der Waals surface area (Å²) in [5, 5.41) is 2.23. The van der Waals surface area contributed by atoms with Gasteiger partial charge in [0.25, 0.3) is 0 Å². The molecule has 0 radical (unpaired) electrons. The summed E-state index contributed by atoms with van der Waals surface area (Å²) in [6.45, 7) is 6.22. The van der Waals surface area contributed by atoms with Crippen LogP contribution < -0.4 is 5.32 Å². The number of halogens is 3. The summed E-state index contributed by atoms with van der Waals surface area (Å²) in [7, 11) is 0. The molecule has 1 amide bonds. The maximum atomic E-state index is 13.6. The molecule has 0 bridgehead atoms. The van der Waals surface area contributed by atoms with Crippen LogP contribution >= 0.6 is 0 Å². The van der Waals surface area contributed by atoms with Gasteiger partial charge in [0.05, 0.1) is 0 Å². The van der Waals surface area contributed by atoms with Crippen LogP contribution in [0.5, 0.6) is 0 Å². The number of fused-ring (bicyclic) bond motifs is 3. The smallest absolute Gasteiger partial charge is 0.346 e. The molecule has 0 fully saturated rings. The van der Waals surface area contributed by atoms with Crippen LogP contribution in [-0.4, -0.2) is 43.2 Å². The summed E-state index contributed by atoms with van der Waals surface area (Å²) < 4.78 is 39.1. The van der Waals surface area contributed by atoms with Crippen LogP contribution in [0.15, 0.2) is 48.5 Å². The Hall–Kier alpha value is -2.34. The number of carbonyl (C=O) groups excluding carboxylic acids is 1. The molecule has 2 aromatic carbocycles. The lowest BCUT2D eigenvalue weighted by atomic mass is 9.73. The molecule has 198 valence electrons. The number of nitrogens with one attached hydrogen (secondary N) is 1. The summed E-state index contributed by atoms with van der Waals surface area (Å²) in [4.78, 5) is 16.1. The van der Waals surface area contributed by atoms with Gasteiger partial charge < -0.3 is 10.2 Å². The minimum absolute atomic E-state index is 0.489. The van der Waals surface area contributed by atoms with Crippen molar-refractivity contribution < 1.29 is 18.0 Å². The van der Waals surface area contributed by atoms with Gasteiger partial charge in [-0.2, -0.15) is 13.2 Å². The molecular weight excluding hydrogens is 461 g/mol. The number of benzene rings is 2. The number of alkyl halides is 3. The van der Waals surface area contributed by atoms with E-state index in [9.17, 15) is 18.0 Å². The summed E-state index contributed by atoms with van der Waals surface area (Å²) in [5.41, 5.74) is 2.41. The van der Waals surface area contributed by atoms with E-state index in [1.54, 1.807) is 0 Å². The Morgan fingerprint density at radius 3 is 1.72 bits per heavy atom.